The first-order chi connectivity index (χ1) is 5.72. The SMILES string of the molecule is CCOCC(=O)C(C)CCOC. The molecule has 0 amide bonds. The highest BCUT2D eigenvalue weighted by Crippen LogP contribution is 2.03. The normalized spacial score (nSPS) is 12.9. The van der Waals surface area contributed by atoms with Gasteiger partial charge in [-0.15, -0.1) is 0 Å². The van der Waals surface area contributed by atoms with Crippen LogP contribution in [0.5, 0.6) is 0 Å². The van der Waals surface area contributed by atoms with Crippen LogP contribution in [0, 0.1) is 5.92 Å². The number of methoxy groups -OCH3 is 1. The monoisotopic (exact) mass is 174 g/mol. The van der Waals surface area contributed by atoms with Crippen LogP contribution in [0.25, 0.3) is 0 Å². The van der Waals surface area contributed by atoms with Crippen LogP contribution in [0.2, 0.25) is 0 Å². The van der Waals surface area contributed by atoms with E-state index in [1.807, 2.05) is 13.8 Å². The van der Waals surface area contributed by atoms with Gasteiger partial charge in [-0.05, 0) is 13.3 Å². The second-order valence-corrected chi connectivity index (χ2v) is 2.79. The van der Waals surface area contributed by atoms with E-state index in [0.717, 1.165) is 6.42 Å². The molecule has 0 fully saturated rings. The van der Waals surface area contributed by atoms with E-state index in [4.69, 9.17) is 9.47 Å². The third-order valence-electron chi connectivity index (χ3n) is 1.75. The van der Waals surface area contributed by atoms with Crippen molar-refractivity contribution in [3.63, 3.8) is 0 Å². The van der Waals surface area contributed by atoms with Gasteiger partial charge in [-0.1, -0.05) is 6.92 Å². The number of hydrogen-bond donors (Lipinski definition) is 0. The van der Waals surface area contributed by atoms with Crippen molar-refractivity contribution in [1.29, 1.82) is 0 Å². The molecule has 0 spiro atoms. The molecule has 0 radical (unpaired) electrons. The number of Topliss-reactive ketones (excluding diaryl/α,β-unsaturated/α-hetero) is 1. The molecular weight excluding hydrogens is 156 g/mol. The van der Waals surface area contributed by atoms with Crippen LogP contribution in [-0.4, -0.2) is 32.7 Å². The molecule has 0 aliphatic carbocycles. The minimum Gasteiger partial charge on any atom is -0.385 e. The van der Waals surface area contributed by atoms with Gasteiger partial charge >= 0.3 is 0 Å². The molecule has 0 rings (SSSR count). The highest BCUT2D eigenvalue weighted by atomic mass is 16.5. The molecule has 0 saturated heterocycles. The molecule has 0 heterocycles. The molecule has 0 saturated carbocycles. The summed E-state index contributed by atoms with van der Waals surface area (Å²) in [6, 6.07) is 0. The predicted octanol–water partition coefficient (Wildman–Crippen LogP) is 1.26. The van der Waals surface area contributed by atoms with Crippen molar-refractivity contribution in [2.24, 2.45) is 5.92 Å². The Hall–Kier alpha value is -0.410. The average molecular weight is 174 g/mol. The third-order valence-corrected chi connectivity index (χ3v) is 1.75. The van der Waals surface area contributed by atoms with Crippen LogP contribution in [0.1, 0.15) is 20.3 Å². The smallest absolute Gasteiger partial charge is 0.161 e. The Bertz CT molecular complexity index is 123. The van der Waals surface area contributed by atoms with Crippen LogP contribution < -0.4 is 0 Å². The predicted molar refractivity (Wildman–Crippen MR) is 47.2 cm³/mol. The molecule has 0 aliphatic rings. The molecule has 3 heteroatoms. The largest absolute Gasteiger partial charge is 0.385 e. The maximum absolute atomic E-state index is 11.2. The molecule has 12 heavy (non-hydrogen) atoms. The van der Waals surface area contributed by atoms with E-state index < -0.39 is 0 Å². The zero-order chi connectivity index (χ0) is 9.40. The lowest BCUT2D eigenvalue weighted by molar-refractivity contribution is -0.127. The highest BCUT2D eigenvalue weighted by molar-refractivity contribution is 5.81. The average Bonchev–Trinajstić information content (AvgIpc) is 2.10. The summed E-state index contributed by atoms with van der Waals surface area (Å²) in [7, 11) is 1.64. The van der Waals surface area contributed by atoms with Crippen LogP contribution in [0.4, 0.5) is 0 Å². The maximum Gasteiger partial charge on any atom is 0.161 e. The van der Waals surface area contributed by atoms with Crippen LogP contribution >= 0.6 is 0 Å². The van der Waals surface area contributed by atoms with Crippen LogP contribution in [-0.2, 0) is 14.3 Å². The molecule has 0 aromatic heterocycles. The van der Waals surface area contributed by atoms with Crippen molar-refractivity contribution in [2.75, 3.05) is 26.9 Å². The number of rotatable bonds is 7. The molecule has 0 N–H and O–H groups in total. The van der Waals surface area contributed by atoms with Gasteiger partial charge in [0.2, 0.25) is 0 Å². The molecule has 0 aromatic carbocycles. The molecule has 72 valence electrons. The van der Waals surface area contributed by atoms with Gasteiger partial charge in [0.15, 0.2) is 5.78 Å². The Morgan fingerprint density at radius 1 is 1.50 bits per heavy atom. The summed E-state index contributed by atoms with van der Waals surface area (Å²) >= 11 is 0. The summed E-state index contributed by atoms with van der Waals surface area (Å²) in [5.41, 5.74) is 0. The Kier molecular flexibility index (Phi) is 7.00. The van der Waals surface area contributed by atoms with Crippen molar-refractivity contribution >= 4 is 5.78 Å². The zero-order valence-electron chi connectivity index (χ0n) is 8.13. The van der Waals surface area contributed by atoms with Crippen molar-refractivity contribution in [3.8, 4) is 0 Å². The van der Waals surface area contributed by atoms with E-state index >= 15 is 0 Å². The molecule has 0 aromatic rings. The Balaban J connectivity index is 3.47. The number of ketones is 1. The molecule has 1 unspecified atom stereocenters. The zero-order valence-corrected chi connectivity index (χ0v) is 8.13. The first-order valence-corrected chi connectivity index (χ1v) is 4.31. The maximum atomic E-state index is 11.2. The van der Waals surface area contributed by atoms with Crippen molar-refractivity contribution < 1.29 is 14.3 Å². The van der Waals surface area contributed by atoms with E-state index in [9.17, 15) is 4.79 Å². The lowest BCUT2D eigenvalue weighted by atomic mass is 10.0. The second-order valence-electron chi connectivity index (χ2n) is 2.79. The van der Waals surface area contributed by atoms with Crippen LogP contribution in [0.3, 0.4) is 0 Å². The first-order valence-electron chi connectivity index (χ1n) is 4.31. The van der Waals surface area contributed by atoms with E-state index in [1.165, 1.54) is 0 Å². The van der Waals surface area contributed by atoms with E-state index in [0.29, 0.717) is 13.2 Å². The Morgan fingerprint density at radius 3 is 2.67 bits per heavy atom. The lowest BCUT2D eigenvalue weighted by Crippen LogP contribution is -2.18. The summed E-state index contributed by atoms with van der Waals surface area (Å²) in [6.45, 7) is 5.26. The van der Waals surface area contributed by atoms with Crippen LogP contribution in [0.15, 0.2) is 0 Å². The quantitative estimate of drug-likeness (QED) is 0.583. The number of carbonyl (C=O) groups excluding carboxylic acids is 1. The summed E-state index contributed by atoms with van der Waals surface area (Å²) in [5.74, 6) is 0.213. The fraction of sp³-hybridized carbons (Fsp3) is 0.889. The summed E-state index contributed by atoms with van der Waals surface area (Å²) in [4.78, 5) is 11.2. The molecule has 0 bridgehead atoms. The standard InChI is InChI=1S/C9H18O3/c1-4-12-7-9(10)8(2)5-6-11-3/h8H,4-7H2,1-3H3. The number of ether oxygens (including phenoxy) is 2. The summed E-state index contributed by atoms with van der Waals surface area (Å²) < 4.78 is 9.88. The fourth-order valence-electron chi connectivity index (χ4n) is 0.801. The fourth-order valence-corrected chi connectivity index (χ4v) is 0.801. The molecular formula is C9H18O3. The third kappa shape index (κ3) is 5.27. The topological polar surface area (TPSA) is 35.5 Å². The van der Waals surface area contributed by atoms with Gasteiger partial charge in [0.05, 0.1) is 0 Å². The molecule has 1 atom stereocenters. The van der Waals surface area contributed by atoms with Gasteiger partial charge in [0, 0.05) is 26.2 Å². The van der Waals surface area contributed by atoms with Gasteiger partial charge in [-0.2, -0.15) is 0 Å². The first kappa shape index (κ1) is 11.6. The second kappa shape index (κ2) is 7.25. The van der Waals surface area contributed by atoms with Gasteiger partial charge in [-0.3, -0.25) is 4.79 Å². The summed E-state index contributed by atoms with van der Waals surface area (Å²) in [5, 5.41) is 0. The van der Waals surface area contributed by atoms with Crippen molar-refractivity contribution in [2.45, 2.75) is 20.3 Å². The van der Waals surface area contributed by atoms with Crippen molar-refractivity contribution in [1.82, 2.24) is 0 Å². The van der Waals surface area contributed by atoms with E-state index in [2.05, 4.69) is 0 Å². The number of carbonyl (C=O) groups is 1. The van der Waals surface area contributed by atoms with Gasteiger partial charge in [0.25, 0.3) is 0 Å². The highest BCUT2D eigenvalue weighted by Gasteiger charge is 2.11. The Labute approximate surface area is 74.0 Å². The van der Waals surface area contributed by atoms with E-state index in [1.54, 1.807) is 7.11 Å². The minimum absolute atomic E-state index is 0.0523. The van der Waals surface area contributed by atoms with Gasteiger partial charge in [0.1, 0.15) is 6.61 Å². The summed E-state index contributed by atoms with van der Waals surface area (Å²) in [6.07, 6.45) is 0.780. The minimum atomic E-state index is 0.0523. The van der Waals surface area contributed by atoms with Crippen molar-refractivity contribution in [3.05, 3.63) is 0 Å². The molecule has 0 aliphatic heterocycles. The van der Waals surface area contributed by atoms with Gasteiger partial charge < -0.3 is 9.47 Å². The number of hydrogen-bond acceptors (Lipinski definition) is 3. The van der Waals surface area contributed by atoms with Gasteiger partial charge in [-0.25, -0.2) is 0 Å². The molecule has 3 nitrogen and oxygen atoms in total. The van der Waals surface area contributed by atoms with E-state index in [-0.39, 0.29) is 18.3 Å². The lowest BCUT2D eigenvalue weighted by Gasteiger charge is -2.08. The Morgan fingerprint density at radius 2 is 2.17 bits per heavy atom.